The molecule has 0 heterocycles. The lowest BCUT2D eigenvalue weighted by molar-refractivity contribution is 0.106. The van der Waals surface area contributed by atoms with Crippen molar-refractivity contribution < 1.29 is 19.7 Å². The number of aliphatic hydroxyl groups is 2. The number of ether oxygens (including phenoxy) is 2. The molecule has 0 radical (unpaired) electrons. The van der Waals surface area contributed by atoms with Gasteiger partial charge in [0.05, 0.1) is 12.2 Å². The maximum atomic E-state index is 9.64. The van der Waals surface area contributed by atoms with Crippen molar-refractivity contribution in [1.29, 1.82) is 0 Å². The Bertz CT molecular complexity index is 534. The molecule has 1 aromatic rings. The summed E-state index contributed by atoms with van der Waals surface area (Å²) in [7, 11) is 0. The van der Waals surface area contributed by atoms with Gasteiger partial charge in [0.25, 0.3) is 0 Å². The molecule has 0 saturated heterocycles. The van der Waals surface area contributed by atoms with Crippen LogP contribution in [-0.4, -0.2) is 35.6 Å². The highest BCUT2D eigenvalue weighted by atomic mass is 16.5. The second kappa shape index (κ2) is 7.75. The zero-order valence-electron chi connectivity index (χ0n) is 16.4. The molecule has 2 atom stereocenters. The van der Waals surface area contributed by atoms with E-state index in [1.54, 1.807) is 13.8 Å². The third-order valence-electron chi connectivity index (χ3n) is 3.63. The summed E-state index contributed by atoms with van der Waals surface area (Å²) < 4.78 is 11.7. The van der Waals surface area contributed by atoms with Crippen molar-refractivity contribution in [2.45, 2.75) is 78.4 Å². The van der Waals surface area contributed by atoms with E-state index in [0.29, 0.717) is 11.5 Å². The van der Waals surface area contributed by atoms with Crippen LogP contribution in [-0.2, 0) is 10.8 Å². The van der Waals surface area contributed by atoms with Crippen molar-refractivity contribution in [2.75, 3.05) is 13.2 Å². The minimum atomic E-state index is -0.569. The molecular weight excluding hydrogens is 304 g/mol. The summed E-state index contributed by atoms with van der Waals surface area (Å²) in [5.41, 5.74) is 2.08. The summed E-state index contributed by atoms with van der Waals surface area (Å²) in [4.78, 5) is 0. The van der Waals surface area contributed by atoms with Crippen LogP contribution in [0.25, 0.3) is 0 Å². The van der Waals surface area contributed by atoms with Crippen LogP contribution >= 0.6 is 0 Å². The van der Waals surface area contributed by atoms with Crippen LogP contribution in [0, 0.1) is 0 Å². The molecule has 0 spiro atoms. The van der Waals surface area contributed by atoms with E-state index < -0.39 is 12.2 Å². The molecule has 0 saturated carbocycles. The molecule has 1 rings (SSSR count). The second-order valence-corrected chi connectivity index (χ2v) is 8.64. The van der Waals surface area contributed by atoms with Crippen LogP contribution in [0.4, 0.5) is 0 Å². The van der Waals surface area contributed by atoms with Crippen molar-refractivity contribution in [2.24, 2.45) is 0 Å². The molecule has 4 heteroatoms. The summed E-state index contributed by atoms with van der Waals surface area (Å²) >= 11 is 0. The molecule has 0 aliphatic heterocycles. The average Bonchev–Trinajstić information content (AvgIpc) is 2.39. The zero-order chi connectivity index (χ0) is 18.7. The minimum Gasteiger partial charge on any atom is -0.487 e. The molecule has 138 valence electrons. The van der Waals surface area contributed by atoms with Crippen LogP contribution in [0.2, 0.25) is 0 Å². The lowest BCUT2D eigenvalue weighted by Crippen LogP contribution is -2.25. The van der Waals surface area contributed by atoms with Crippen molar-refractivity contribution in [3.63, 3.8) is 0 Å². The highest BCUT2D eigenvalue weighted by Crippen LogP contribution is 2.45. The first-order chi connectivity index (χ1) is 10.8. The molecule has 2 N–H and O–H groups in total. The highest BCUT2D eigenvalue weighted by molar-refractivity contribution is 5.55. The molecule has 0 fully saturated rings. The monoisotopic (exact) mass is 338 g/mol. The maximum absolute atomic E-state index is 9.64. The summed E-state index contributed by atoms with van der Waals surface area (Å²) in [5.74, 6) is 1.27. The van der Waals surface area contributed by atoms with E-state index in [2.05, 4.69) is 47.6 Å². The van der Waals surface area contributed by atoms with Gasteiger partial charge in [-0.25, -0.2) is 0 Å². The van der Waals surface area contributed by atoms with E-state index in [0.717, 1.165) is 5.56 Å². The average molecular weight is 338 g/mol. The lowest BCUT2D eigenvalue weighted by Gasteiger charge is -2.33. The van der Waals surface area contributed by atoms with Gasteiger partial charge in [0.2, 0.25) is 0 Å². The molecule has 4 nitrogen and oxygen atoms in total. The summed E-state index contributed by atoms with van der Waals surface area (Å²) in [6, 6.07) is 3.97. The highest BCUT2D eigenvalue weighted by Gasteiger charge is 2.31. The second-order valence-electron chi connectivity index (χ2n) is 8.64. The fourth-order valence-corrected chi connectivity index (χ4v) is 2.60. The number of hydrogen-bond donors (Lipinski definition) is 2. The first kappa shape index (κ1) is 20.8. The molecular formula is C20H34O4. The molecule has 0 aromatic heterocycles. The van der Waals surface area contributed by atoms with Gasteiger partial charge < -0.3 is 19.7 Å². The summed E-state index contributed by atoms with van der Waals surface area (Å²) in [6.45, 7) is 16.7. The van der Waals surface area contributed by atoms with Gasteiger partial charge in [-0.3, -0.25) is 0 Å². The van der Waals surface area contributed by atoms with E-state index >= 15 is 0 Å². The number of rotatable bonds is 6. The Kier molecular flexibility index (Phi) is 6.71. The van der Waals surface area contributed by atoms with Gasteiger partial charge in [0.1, 0.15) is 13.2 Å². The van der Waals surface area contributed by atoms with Gasteiger partial charge >= 0.3 is 0 Å². The number of hydrogen-bond acceptors (Lipinski definition) is 4. The van der Waals surface area contributed by atoms with Gasteiger partial charge in [-0.15, -0.1) is 0 Å². The standard InChI is InChI=1S/C20H34O4/c1-13(21)11-23-16-10-9-15(19(3,4)5)17(20(6,7)8)18(16)24-12-14(2)22/h9-10,13-14,21-22H,11-12H2,1-8H3. The van der Waals surface area contributed by atoms with Crippen LogP contribution in [0.1, 0.15) is 66.5 Å². The molecule has 2 unspecified atom stereocenters. The van der Waals surface area contributed by atoms with Gasteiger partial charge in [-0.1, -0.05) is 47.6 Å². The van der Waals surface area contributed by atoms with Crippen molar-refractivity contribution in [3.8, 4) is 11.5 Å². The van der Waals surface area contributed by atoms with Crippen molar-refractivity contribution >= 4 is 0 Å². The van der Waals surface area contributed by atoms with Crippen LogP contribution in [0.15, 0.2) is 12.1 Å². The van der Waals surface area contributed by atoms with Crippen molar-refractivity contribution in [1.82, 2.24) is 0 Å². The van der Waals surface area contributed by atoms with Crippen LogP contribution in [0.5, 0.6) is 11.5 Å². The zero-order valence-corrected chi connectivity index (χ0v) is 16.4. The van der Waals surface area contributed by atoms with E-state index in [4.69, 9.17) is 9.47 Å². The largest absolute Gasteiger partial charge is 0.487 e. The maximum Gasteiger partial charge on any atom is 0.165 e. The first-order valence-corrected chi connectivity index (χ1v) is 8.63. The van der Waals surface area contributed by atoms with Gasteiger partial charge in [-0.2, -0.15) is 0 Å². The quantitative estimate of drug-likeness (QED) is 0.828. The first-order valence-electron chi connectivity index (χ1n) is 8.63. The Morgan fingerprint density at radius 2 is 1.33 bits per heavy atom. The van der Waals surface area contributed by atoms with E-state index in [9.17, 15) is 10.2 Å². The fourth-order valence-electron chi connectivity index (χ4n) is 2.60. The molecule has 0 aliphatic carbocycles. The third-order valence-corrected chi connectivity index (χ3v) is 3.63. The Balaban J connectivity index is 3.51. The smallest absolute Gasteiger partial charge is 0.165 e. The molecule has 24 heavy (non-hydrogen) atoms. The number of benzene rings is 1. The normalized spacial score (nSPS) is 15.1. The predicted octanol–water partition coefficient (Wildman–Crippen LogP) is 3.80. The van der Waals surface area contributed by atoms with Gasteiger partial charge in [-0.05, 0) is 36.3 Å². The SMILES string of the molecule is CC(O)COc1ccc(C(C)(C)C)c(C(C)(C)C)c1OCC(C)O. The molecule has 0 aliphatic rings. The van der Waals surface area contributed by atoms with Gasteiger partial charge in [0.15, 0.2) is 11.5 Å². The summed E-state index contributed by atoms with van der Waals surface area (Å²) in [6.07, 6.45) is -1.13. The van der Waals surface area contributed by atoms with E-state index in [1.165, 1.54) is 5.56 Å². The lowest BCUT2D eigenvalue weighted by atomic mass is 9.74. The van der Waals surface area contributed by atoms with Crippen LogP contribution < -0.4 is 9.47 Å². The Morgan fingerprint density at radius 1 is 0.833 bits per heavy atom. The third kappa shape index (κ3) is 5.67. The van der Waals surface area contributed by atoms with Crippen LogP contribution in [0.3, 0.4) is 0 Å². The Hall–Kier alpha value is -1.26. The summed E-state index contributed by atoms with van der Waals surface area (Å²) in [5, 5.41) is 19.2. The van der Waals surface area contributed by atoms with E-state index in [-0.39, 0.29) is 24.0 Å². The topological polar surface area (TPSA) is 58.9 Å². The van der Waals surface area contributed by atoms with Crippen molar-refractivity contribution in [3.05, 3.63) is 23.3 Å². The van der Waals surface area contributed by atoms with E-state index in [1.807, 2.05) is 6.07 Å². The fraction of sp³-hybridized carbons (Fsp3) is 0.700. The minimum absolute atomic E-state index is 0.0473. The molecule has 0 amide bonds. The predicted molar refractivity (Wildman–Crippen MR) is 98.2 cm³/mol. The molecule has 1 aromatic carbocycles. The number of aliphatic hydroxyl groups excluding tert-OH is 2. The Morgan fingerprint density at radius 3 is 1.75 bits per heavy atom. The van der Waals surface area contributed by atoms with Gasteiger partial charge in [0, 0.05) is 5.56 Å². The Labute approximate surface area is 146 Å². The molecule has 0 bridgehead atoms.